The maximum atomic E-state index is 11.0. The number of carbonyl (C=O) groups excluding carboxylic acids is 1. The SMILES string of the molecule is CSC(C)(C)c1cccc(C(N)=O)c1. The van der Waals surface area contributed by atoms with Gasteiger partial charge in [0.25, 0.3) is 0 Å². The minimum atomic E-state index is -0.372. The fourth-order valence-electron chi connectivity index (χ4n) is 1.16. The van der Waals surface area contributed by atoms with Crippen molar-refractivity contribution in [2.45, 2.75) is 18.6 Å². The zero-order chi connectivity index (χ0) is 10.8. The van der Waals surface area contributed by atoms with E-state index in [0.717, 1.165) is 5.56 Å². The third-order valence-electron chi connectivity index (χ3n) is 2.35. The van der Waals surface area contributed by atoms with E-state index in [0.29, 0.717) is 5.56 Å². The number of primary amides is 1. The summed E-state index contributed by atoms with van der Waals surface area (Å²) in [6, 6.07) is 7.48. The van der Waals surface area contributed by atoms with Gasteiger partial charge in [0.15, 0.2) is 0 Å². The van der Waals surface area contributed by atoms with Gasteiger partial charge in [-0.15, -0.1) is 0 Å². The number of nitrogens with two attached hydrogens (primary N) is 1. The van der Waals surface area contributed by atoms with Crippen LogP contribution in [-0.4, -0.2) is 12.2 Å². The van der Waals surface area contributed by atoms with Crippen LogP contribution in [0.1, 0.15) is 29.8 Å². The number of thioether (sulfide) groups is 1. The lowest BCUT2D eigenvalue weighted by Crippen LogP contribution is -2.15. The van der Waals surface area contributed by atoms with Crippen LogP contribution in [0.2, 0.25) is 0 Å². The predicted octanol–water partition coefficient (Wildman–Crippen LogP) is 2.38. The number of hydrogen-bond acceptors (Lipinski definition) is 2. The fourth-order valence-corrected chi connectivity index (χ4v) is 1.53. The highest BCUT2D eigenvalue weighted by atomic mass is 32.2. The number of rotatable bonds is 3. The van der Waals surface area contributed by atoms with E-state index in [1.165, 1.54) is 0 Å². The minimum absolute atomic E-state index is 0.0193. The Bertz CT molecular complexity index is 347. The summed E-state index contributed by atoms with van der Waals surface area (Å²) in [7, 11) is 0. The summed E-state index contributed by atoms with van der Waals surface area (Å²) >= 11 is 1.75. The molecular formula is C11H15NOS. The van der Waals surface area contributed by atoms with E-state index >= 15 is 0 Å². The lowest BCUT2D eigenvalue weighted by molar-refractivity contribution is 0.1000. The topological polar surface area (TPSA) is 43.1 Å². The molecule has 1 aromatic carbocycles. The maximum Gasteiger partial charge on any atom is 0.248 e. The van der Waals surface area contributed by atoms with Crippen molar-refractivity contribution in [3.05, 3.63) is 35.4 Å². The lowest BCUT2D eigenvalue weighted by atomic mass is 10.00. The van der Waals surface area contributed by atoms with Gasteiger partial charge in [0.1, 0.15) is 0 Å². The van der Waals surface area contributed by atoms with Gasteiger partial charge >= 0.3 is 0 Å². The summed E-state index contributed by atoms with van der Waals surface area (Å²) in [6.07, 6.45) is 2.05. The van der Waals surface area contributed by atoms with Crippen molar-refractivity contribution in [3.8, 4) is 0 Å². The largest absolute Gasteiger partial charge is 0.366 e. The molecule has 2 N–H and O–H groups in total. The molecule has 0 spiro atoms. The first-order valence-corrected chi connectivity index (χ1v) is 5.65. The zero-order valence-electron chi connectivity index (χ0n) is 8.70. The van der Waals surface area contributed by atoms with Gasteiger partial charge in [-0.1, -0.05) is 12.1 Å². The highest BCUT2D eigenvalue weighted by molar-refractivity contribution is 7.99. The van der Waals surface area contributed by atoms with Gasteiger partial charge < -0.3 is 5.73 Å². The molecule has 76 valence electrons. The van der Waals surface area contributed by atoms with Crippen LogP contribution >= 0.6 is 11.8 Å². The first kappa shape index (κ1) is 11.1. The molecule has 3 heteroatoms. The van der Waals surface area contributed by atoms with Crippen LogP contribution in [0, 0.1) is 0 Å². The van der Waals surface area contributed by atoms with Gasteiger partial charge in [-0.05, 0) is 37.8 Å². The summed E-state index contributed by atoms with van der Waals surface area (Å²) in [5.74, 6) is -0.372. The van der Waals surface area contributed by atoms with E-state index in [-0.39, 0.29) is 10.7 Å². The average molecular weight is 209 g/mol. The first-order chi connectivity index (χ1) is 6.47. The van der Waals surface area contributed by atoms with Gasteiger partial charge in [-0.2, -0.15) is 11.8 Å². The van der Waals surface area contributed by atoms with Gasteiger partial charge in [0.05, 0.1) is 0 Å². The molecule has 0 aliphatic carbocycles. The van der Waals surface area contributed by atoms with Crippen molar-refractivity contribution >= 4 is 17.7 Å². The van der Waals surface area contributed by atoms with E-state index in [9.17, 15) is 4.79 Å². The Labute approximate surface area is 88.9 Å². The molecule has 0 radical (unpaired) electrons. The molecule has 14 heavy (non-hydrogen) atoms. The van der Waals surface area contributed by atoms with Gasteiger partial charge in [0, 0.05) is 10.3 Å². The van der Waals surface area contributed by atoms with E-state index in [4.69, 9.17) is 5.73 Å². The molecule has 1 aromatic rings. The molecule has 0 aliphatic rings. The third kappa shape index (κ3) is 2.29. The monoisotopic (exact) mass is 209 g/mol. The first-order valence-electron chi connectivity index (χ1n) is 4.43. The second-order valence-corrected chi connectivity index (χ2v) is 5.09. The predicted molar refractivity (Wildman–Crippen MR) is 61.5 cm³/mol. The molecule has 0 heterocycles. The number of amides is 1. The Hall–Kier alpha value is -0.960. The Morgan fingerprint density at radius 3 is 2.57 bits per heavy atom. The molecule has 1 amide bonds. The Morgan fingerprint density at radius 2 is 2.07 bits per heavy atom. The van der Waals surface area contributed by atoms with Crippen LogP contribution < -0.4 is 5.73 Å². The fraction of sp³-hybridized carbons (Fsp3) is 0.364. The molecule has 0 saturated carbocycles. The molecule has 0 aliphatic heterocycles. The average Bonchev–Trinajstić information content (AvgIpc) is 2.18. The van der Waals surface area contributed by atoms with Crippen LogP contribution in [0.3, 0.4) is 0 Å². The highest BCUT2D eigenvalue weighted by Gasteiger charge is 2.19. The maximum absolute atomic E-state index is 11.0. The second kappa shape index (κ2) is 4.05. The van der Waals surface area contributed by atoms with Crippen molar-refractivity contribution < 1.29 is 4.79 Å². The quantitative estimate of drug-likeness (QED) is 0.830. The minimum Gasteiger partial charge on any atom is -0.366 e. The van der Waals surface area contributed by atoms with Crippen molar-refractivity contribution in [3.63, 3.8) is 0 Å². The Morgan fingerprint density at radius 1 is 1.43 bits per heavy atom. The van der Waals surface area contributed by atoms with Crippen molar-refractivity contribution in [2.75, 3.05) is 6.26 Å². The van der Waals surface area contributed by atoms with E-state index < -0.39 is 0 Å². The molecule has 0 saturated heterocycles. The van der Waals surface area contributed by atoms with Crippen LogP contribution in [-0.2, 0) is 4.75 Å². The molecular weight excluding hydrogens is 194 g/mol. The van der Waals surface area contributed by atoms with Crippen molar-refractivity contribution in [1.82, 2.24) is 0 Å². The zero-order valence-corrected chi connectivity index (χ0v) is 9.52. The summed E-state index contributed by atoms with van der Waals surface area (Å²) in [5, 5.41) is 0. The summed E-state index contributed by atoms with van der Waals surface area (Å²) in [6.45, 7) is 4.25. The Balaban J connectivity index is 3.12. The van der Waals surface area contributed by atoms with Crippen molar-refractivity contribution in [1.29, 1.82) is 0 Å². The van der Waals surface area contributed by atoms with Gasteiger partial charge in [-0.25, -0.2) is 0 Å². The van der Waals surface area contributed by atoms with Crippen LogP contribution in [0.25, 0.3) is 0 Å². The third-order valence-corrected chi connectivity index (χ3v) is 3.61. The summed E-state index contributed by atoms with van der Waals surface area (Å²) < 4.78 is 0.0193. The van der Waals surface area contributed by atoms with E-state index in [1.54, 1.807) is 17.8 Å². The van der Waals surface area contributed by atoms with Crippen LogP contribution in [0.4, 0.5) is 0 Å². The molecule has 0 bridgehead atoms. The molecule has 1 rings (SSSR count). The standard InChI is InChI=1S/C11H15NOS/c1-11(2,14-3)9-6-4-5-8(7-9)10(12)13/h4-7H,1-3H3,(H2,12,13). The number of benzene rings is 1. The second-order valence-electron chi connectivity index (χ2n) is 3.66. The molecule has 2 nitrogen and oxygen atoms in total. The summed E-state index contributed by atoms with van der Waals surface area (Å²) in [5.41, 5.74) is 6.92. The normalized spacial score (nSPS) is 11.4. The van der Waals surface area contributed by atoms with Crippen LogP contribution in [0.15, 0.2) is 24.3 Å². The number of hydrogen-bond donors (Lipinski definition) is 1. The Kier molecular flexibility index (Phi) is 3.21. The van der Waals surface area contributed by atoms with Gasteiger partial charge in [-0.3, -0.25) is 4.79 Å². The van der Waals surface area contributed by atoms with E-state index in [1.807, 2.05) is 18.2 Å². The molecule has 0 atom stereocenters. The van der Waals surface area contributed by atoms with E-state index in [2.05, 4.69) is 20.1 Å². The number of carbonyl (C=O) groups is 1. The smallest absolute Gasteiger partial charge is 0.248 e. The lowest BCUT2D eigenvalue weighted by Gasteiger charge is -2.22. The molecule has 0 fully saturated rings. The van der Waals surface area contributed by atoms with Gasteiger partial charge in [0.2, 0.25) is 5.91 Å². The highest BCUT2D eigenvalue weighted by Crippen LogP contribution is 2.33. The molecule has 0 aromatic heterocycles. The van der Waals surface area contributed by atoms with Crippen molar-refractivity contribution in [2.24, 2.45) is 5.73 Å². The summed E-state index contributed by atoms with van der Waals surface area (Å²) in [4.78, 5) is 11.0. The van der Waals surface area contributed by atoms with Crippen LogP contribution in [0.5, 0.6) is 0 Å². The molecule has 0 unspecified atom stereocenters.